The first-order chi connectivity index (χ1) is 7.86. The highest BCUT2D eigenvalue weighted by Crippen LogP contribution is 2.28. The van der Waals surface area contributed by atoms with Gasteiger partial charge in [0.05, 0.1) is 0 Å². The fourth-order valence-corrected chi connectivity index (χ4v) is 2.25. The van der Waals surface area contributed by atoms with Crippen LogP contribution >= 0.6 is 0 Å². The highest BCUT2D eigenvalue weighted by molar-refractivity contribution is 5.88. The monoisotopic (exact) mass is 242 g/mol. The first-order valence-electron chi connectivity index (χ1n) is 5.17. The maximum absolute atomic E-state index is 11.7. The van der Waals surface area contributed by atoms with Crippen LogP contribution in [-0.4, -0.2) is 70.3 Å². The zero-order valence-corrected chi connectivity index (χ0v) is 9.75. The van der Waals surface area contributed by atoms with Gasteiger partial charge in [-0.3, -0.25) is 4.90 Å². The molecule has 2 rings (SSSR count). The summed E-state index contributed by atoms with van der Waals surface area (Å²) in [6, 6.07) is -1.70. The fraction of sp³-hybridized carbons (Fsp3) is 0.667. The molecule has 3 atom stereocenters. The Labute approximate surface area is 97.8 Å². The summed E-state index contributed by atoms with van der Waals surface area (Å²) in [6.07, 6.45) is -1.08. The number of hydrogen-bond acceptors (Lipinski definition) is 3. The molecule has 2 aliphatic heterocycles. The summed E-state index contributed by atoms with van der Waals surface area (Å²) in [4.78, 5) is 38.3. The smallest absolute Gasteiger partial charge is 0.326 e. The number of urea groups is 2. The van der Waals surface area contributed by atoms with Gasteiger partial charge in [0.25, 0.3) is 0 Å². The van der Waals surface area contributed by atoms with E-state index in [1.54, 1.807) is 14.1 Å². The summed E-state index contributed by atoms with van der Waals surface area (Å²) in [6.45, 7) is 1.42. The molecule has 0 bridgehead atoms. The molecule has 0 spiro atoms. The van der Waals surface area contributed by atoms with E-state index < -0.39 is 30.4 Å². The van der Waals surface area contributed by atoms with E-state index in [9.17, 15) is 14.4 Å². The van der Waals surface area contributed by atoms with Gasteiger partial charge >= 0.3 is 18.0 Å². The number of fused-ring (bicyclic) bond motifs is 1. The Kier molecular flexibility index (Phi) is 2.37. The van der Waals surface area contributed by atoms with Crippen molar-refractivity contribution in [1.82, 2.24) is 20.0 Å². The van der Waals surface area contributed by atoms with Crippen LogP contribution in [0.2, 0.25) is 0 Å². The van der Waals surface area contributed by atoms with E-state index in [1.165, 1.54) is 21.6 Å². The molecule has 2 saturated heterocycles. The number of carbonyl (C=O) groups is 3. The van der Waals surface area contributed by atoms with E-state index in [0.29, 0.717) is 0 Å². The third-order valence-corrected chi connectivity index (χ3v) is 3.27. The second-order valence-electron chi connectivity index (χ2n) is 4.23. The van der Waals surface area contributed by atoms with Gasteiger partial charge in [-0.05, 0) is 6.92 Å². The lowest BCUT2D eigenvalue weighted by Crippen LogP contribution is -2.51. The average Bonchev–Trinajstić information content (AvgIpc) is 2.70. The number of hydrogen-bond donors (Lipinski definition) is 2. The summed E-state index contributed by atoms with van der Waals surface area (Å²) < 4.78 is 0. The number of carboxylic acid groups (broad SMARTS) is 1. The molecular formula is C9H14N4O4. The predicted octanol–water partition coefficient (Wildman–Crippen LogP) is -0.866. The Bertz CT molecular complexity index is 398. The number of likely N-dealkylation sites (N-methyl/N-ethyl adjacent to an activating group) is 2. The van der Waals surface area contributed by atoms with Crippen molar-refractivity contribution in [2.75, 3.05) is 14.1 Å². The molecule has 0 saturated carbocycles. The maximum Gasteiger partial charge on any atom is 0.326 e. The van der Waals surface area contributed by atoms with Gasteiger partial charge in [-0.25, -0.2) is 14.4 Å². The SMILES string of the molecule is C[C@@H](C(=O)O)N1C(=O)N[C@H]2[C@H]1N(C)C(=O)N2C. The molecule has 2 heterocycles. The first kappa shape index (κ1) is 11.5. The van der Waals surface area contributed by atoms with Gasteiger partial charge in [0, 0.05) is 14.1 Å². The maximum atomic E-state index is 11.7. The Balaban J connectivity index is 2.33. The second kappa shape index (κ2) is 3.51. The molecule has 2 aliphatic rings. The Morgan fingerprint density at radius 2 is 1.94 bits per heavy atom. The Morgan fingerprint density at radius 1 is 1.35 bits per heavy atom. The Hall–Kier alpha value is -1.99. The molecule has 94 valence electrons. The molecule has 0 aromatic rings. The molecule has 0 aromatic heterocycles. The van der Waals surface area contributed by atoms with Crippen molar-refractivity contribution in [2.45, 2.75) is 25.3 Å². The van der Waals surface area contributed by atoms with Gasteiger partial charge in [0.1, 0.15) is 18.4 Å². The number of carbonyl (C=O) groups excluding carboxylic acids is 2. The summed E-state index contributed by atoms with van der Waals surface area (Å²) >= 11 is 0. The van der Waals surface area contributed by atoms with E-state index in [-0.39, 0.29) is 6.03 Å². The van der Waals surface area contributed by atoms with Crippen LogP contribution in [0.25, 0.3) is 0 Å². The molecule has 0 aromatic carbocycles. The summed E-state index contributed by atoms with van der Waals surface area (Å²) in [7, 11) is 3.12. The minimum atomic E-state index is -1.10. The number of nitrogens with zero attached hydrogens (tertiary/aromatic N) is 3. The lowest BCUT2D eigenvalue weighted by molar-refractivity contribution is -0.142. The standard InChI is InChI=1S/C9H14N4O4/c1-4(7(14)15)13-6-5(10-8(13)16)11(2)9(17)12(6)3/h4-6H,1-3H3,(H,10,16)(H,14,15)/t4-,5+,6-/m0/s1. The molecule has 2 N–H and O–H groups in total. The quantitative estimate of drug-likeness (QED) is 0.658. The molecule has 0 aliphatic carbocycles. The lowest BCUT2D eigenvalue weighted by atomic mass is 10.2. The molecule has 2 fully saturated rings. The molecule has 4 amide bonds. The minimum absolute atomic E-state index is 0.248. The number of aliphatic carboxylic acids is 1. The summed E-state index contributed by atoms with van der Waals surface area (Å²) in [5.41, 5.74) is 0. The Morgan fingerprint density at radius 3 is 2.47 bits per heavy atom. The predicted molar refractivity (Wildman–Crippen MR) is 56.0 cm³/mol. The second-order valence-corrected chi connectivity index (χ2v) is 4.23. The molecular weight excluding hydrogens is 228 g/mol. The molecule has 0 unspecified atom stereocenters. The molecule has 8 heteroatoms. The minimum Gasteiger partial charge on any atom is -0.480 e. The first-order valence-corrected chi connectivity index (χ1v) is 5.17. The van der Waals surface area contributed by atoms with E-state index in [0.717, 1.165) is 0 Å². The van der Waals surface area contributed by atoms with Crippen LogP contribution in [0.4, 0.5) is 9.59 Å². The van der Waals surface area contributed by atoms with Crippen molar-refractivity contribution >= 4 is 18.0 Å². The largest absolute Gasteiger partial charge is 0.480 e. The highest BCUT2D eigenvalue weighted by Gasteiger charge is 2.54. The lowest BCUT2D eigenvalue weighted by Gasteiger charge is -2.29. The molecule has 0 radical (unpaired) electrons. The van der Waals surface area contributed by atoms with Crippen LogP contribution in [0.3, 0.4) is 0 Å². The highest BCUT2D eigenvalue weighted by atomic mass is 16.4. The van der Waals surface area contributed by atoms with Gasteiger partial charge in [0.2, 0.25) is 0 Å². The topological polar surface area (TPSA) is 93.2 Å². The third kappa shape index (κ3) is 1.40. The molecule has 8 nitrogen and oxygen atoms in total. The van der Waals surface area contributed by atoms with Gasteiger partial charge in [0.15, 0.2) is 0 Å². The van der Waals surface area contributed by atoms with Crippen molar-refractivity contribution < 1.29 is 19.5 Å². The third-order valence-electron chi connectivity index (χ3n) is 3.27. The van der Waals surface area contributed by atoms with Crippen molar-refractivity contribution in [3.63, 3.8) is 0 Å². The summed E-state index contributed by atoms with van der Waals surface area (Å²) in [5, 5.41) is 11.6. The van der Waals surface area contributed by atoms with Gasteiger partial charge < -0.3 is 20.2 Å². The van der Waals surface area contributed by atoms with E-state index >= 15 is 0 Å². The number of nitrogens with one attached hydrogen (secondary N) is 1. The van der Waals surface area contributed by atoms with Crippen LogP contribution < -0.4 is 5.32 Å². The van der Waals surface area contributed by atoms with Gasteiger partial charge in [-0.1, -0.05) is 0 Å². The van der Waals surface area contributed by atoms with Crippen LogP contribution in [0.5, 0.6) is 0 Å². The molecule has 17 heavy (non-hydrogen) atoms. The van der Waals surface area contributed by atoms with Crippen molar-refractivity contribution in [3.05, 3.63) is 0 Å². The number of amides is 4. The van der Waals surface area contributed by atoms with Gasteiger partial charge in [-0.2, -0.15) is 0 Å². The van der Waals surface area contributed by atoms with Crippen molar-refractivity contribution in [2.24, 2.45) is 0 Å². The van der Waals surface area contributed by atoms with E-state index in [1.807, 2.05) is 0 Å². The number of rotatable bonds is 2. The zero-order chi connectivity index (χ0) is 12.9. The van der Waals surface area contributed by atoms with Crippen LogP contribution in [0.1, 0.15) is 6.92 Å². The van der Waals surface area contributed by atoms with Crippen LogP contribution in [0, 0.1) is 0 Å². The van der Waals surface area contributed by atoms with E-state index in [4.69, 9.17) is 5.11 Å². The van der Waals surface area contributed by atoms with Crippen LogP contribution in [0.15, 0.2) is 0 Å². The average molecular weight is 242 g/mol. The van der Waals surface area contributed by atoms with E-state index in [2.05, 4.69) is 5.32 Å². The zero-order valence-electron chi connectivity index (χ0n) is 9.75. The number of carboxylic acids is 1. The normalized spacial score (nSPS) is 29.5. The van der Waals surface area contributed by atoms with Crippen molar-refractivity contribution in [1.29, 1.82) is 0 Å². The summed E-state index contributed by atoms with van der Waals surface area (Å²) in [5.74, 6) is -1.10. The van der Waals surface area contributed by atoms with Crippen LogP contribution in [-0.2, 0) is 4.79 Å². The fourth-order valence-electron chi connectivity index (χ4n) is 2.25. The van der Waals surface area contributed by atoms with Gasteiger partial charge in [-0.15, -0.1) is 0 Å². The van der Waals surface area contributed by atoms with Crippen molar-refractivity contribution in [3.8, 4) is 0 Å².